The monoisotopic (exact) mass is 737 g/mol. The molecule has 1 aliphatic heterocycles. The highest BCUT2D eigenvalue weighted by molar-refractivity contribution is 7.20. The fourth-order valence-corrected chi connectivity index (χ4v) is 13.6. The van der Waals surface area contributed by atoms with Gasteiger partial charge in [0.25, 0.3) is 0 Å². The molecule has 1 aromatic heterocycles. The minimum atomic E-state index is -2.71. The molecule has 2 atom stereocenters. The molecule has 2 unspecified atom stereocenters. The highest BCUT2D eigenvalue weighted by Gasteiger charge is 2.41. The van der Waals surface area contributed by atoms with Gasteiger partial charge in [0.1, 0.15) is 5.84 Å². The van der Waals surface area contributed by atoms with E-state index in [1.807, 2.05) is 0 Å². The Morgan fingerprint density at radius 1 is 0.446 bits per heavy atom. The summed E-state index contributed by atoms with van der Waals surface area (Å²) >= 11 is 0. The molecule has 2 heterocycles. The molecule has 0 bridgehead atoms. The lowest BCUT2D eigenvalue weighted by atomic mass is 10.1. The number of nitrogens with one attached hydrogen (secondary N) is 1. The van der Waals surface area contributed by atoms with E-state index < -0.39 is 8.07 Å². The average Bonchev–Trinajstić information content (AvgIpc) is 3.62. The van der Waals surface area contributed by atoms with E-state index in [2.05, 4.69) is 234 Å². The number of aliphatic imine (C=N–C) groups is 1. The molecule has 3 N–H and O–H groups in total. The van der Waals surface area contributed by atoms with E-state index in [1.54, 1.807) is 0 Å². The lowest BCUT2D eigenvalue weighted by Crippen LogP contribution is -2.90. The molecule has 5 heteroatoms. The number of nitrogens with zero attached hydrogens (tertiary/aromatic N) is 2. The van der Waals surface area contributed by atoms with Crippen LogP contribution >= 0.6 is 0 Å². The van der Waals surface area contributed by atoms with Crippen LogP contribution in [0, 0.1) is 0 Å². The predicted molar refractivity (Wildman–Crippen MR) is 234 cm³/mol. The Bertz CT molecular complexity index is 2700. The van der Waals surface area contributed by atoms with Crippen LogP contribution in [0.4, 0.5) is 0 Å². The topological polar surface area (TPSA) is 45.9 Å². The van der Waals surface area contributed by atoms with Gasteiger partial charge in [-0.25, -0.2) is 4.99 Å². The lowest BCUT2D eigenvalue weighted by molar-refractivity contribution is -0.739. The van der Waals surface area contributed by atoms with Crippen molar-refractivity contribution in [2.75, 3.05) is 0 Å². The zero-order chi connectivity index (χ0) is 37.3. The normalized spacial score (nSPS) is 15.7. The number of hydrogen-bond acceptors (Lipinski definition) is 2. The van der Waals surface area contributed by atoms with Crippen LogP contribution in [0.2, 0.25) is 0 Å². The van der Waals surface area contributed by atoms with Crippen molar-refractivity contribution in [3.63, 3.8) is 0 Å². The first kappa shape index (κ1) is 33.8. The van der Waals surface area contributed by atoms with Gasteiger partial charge in [-0.3, -0.25) is 5.32 Å². The second kappa shape index (κ2) is 14.5. The van der Waals surface area contributed by atoms with E-state index in [0.717, 1.165) is 17.1 Å². The molecule has 0 amide bonds. The molecule has 0 spiro atoms. The summed E-state index contributed by atoms with van der Waals surface area (Å²) in [6.45, 7) is 0. The minimum Gasteiger partial charge on any atom is -0.317 e. The van der Waals surface area contributed by atoms with Crippen molar-refractivity contribution in [3.05, 3.63) is 235 Å². The molecule has 8 aromatic carbocycles. The first-order valence-corrected chi connectivity index (χ1v) is 21.4. The average molecular weight is 738 g/mol. The summed E-state index contributed by atoms with van der Waals surface area (Å²) in [5.74, 6) is 0.893. The number of aromatic nitrogens is 1. The van der Waals surface area contributed by atoms with Crippen molar-refractivity contribution < 1.29 is 5.32 Å². The molecule has 0 radical (unpaired) electrons. The quantitative estimate of drug-likeness (QED) is 0.123. The fraction of sp³-hybridized carbons (Fsp3) is 0.0392. The predicted octanol–water partition coefficient (Wildman–Crippen LogP) is 7.47. The SMILES string of the molecule is c1ccc(C2N=C(c3cccc(-n4c5ccccc5c5cc([Si](c6ccccc6)(c6ccccc6)c6ccccc6)ccc54)c3)NC(c3ccccc3)[NH2+]2)cc1. The smallest absolute Gasteiger partial charge is 0.209 e. The first-order valence-electron chi connectivity index (χ1n) is 19.4. The van der Waals surface area contributed by atoms with E-state index in [1.165, 1.54) is 53.7 Å². The summed E-state index contributed by atoms with van der Waals surface area (Å²) in [6.07, 6.45) is -0.0521. The first-order chi connectivity index (χ1) is 27.8. The third-order valence-electron chi connectivity index (χ3n) is 11.3. The number of nitrogens with two attached hydrogens (primary N) is 1. The highest BCUT2D eigenvalue weighted by Crippen LogP contribution is 2.32. The van der Waals surface area contributed by atoms with Gasteiger partial charge in [-0.2, -0.15) is 0 Å². The van der Waals surface area contributed by atoms with E-state index in [4.69, 9.17) is 4.99 Å². The van der Waals surface area contributed by atoms with Crippen molar-refractivity contribution in [3.8, 4) is 5.69 Å². The standard InChI is InChI=1S/C51H40N4Si/c1-6-19-37(20-7-1)49-52-50(38-21-8-2-9-22-38)54-51(53-49)39-23-18-24-40(35-39)55-47-32-17-16-31-45(47)46-36-44(33-34-48(46)55)56(41-25-10-3-11-26-41,42-27-12-4-13-28-42)43-29-14-5-15-30-43/h1-36,49-50,52H,(H,53,54)/p+1. The Kier molecular flexibility index (Phi) is 8.71. The molecule has 0 saturated heterocycles. The second-order valence-electron chi connectivity index (χ2n) is 14.5. The summed E-state index contributed by atoms with van der Waals surface area (Å²) < 4.78 is 2.42. The van der Waals surface area contributed by atoms with Gasteiger partial charge in [0.15, 0.2) is 14.2 Å². The molecule has 4 nitrogen and oxygen atoms in total. The van der Waals surface area contributed by atoms with Gasteiger partial charge >= 0.3 is 0 Å². The van der Waals surface area contributed by atoms with Crippen LogP contribution < -0.4 is 31.4 Å². The Labute approximate surface area is 328 Å². The van der Waals surface area contributed by atoms with Gasteiger partial charge in [0.2, 0.25) is 6.17 Å². The van der Waals surface area contributed by atoms with Gasteiger partial charge in [-0.1, -0.05) is 194 Å². The van der Waals surface area contributed by atoms with Crippen LogP contribution in [-0.4, -0.2) is 18.5 Å². The zero-order valence-electron chi connectivity index (χ0n) is 30.9. The van der Waals surface area contributed by atoms with Crippen LogP contribution in [0.5, 0.6) is 0 Å². The number of para-hydroxylation sites is 1. The molecule has 0 aliphatic carbocycles. The van der Waals surface area contributed by atoms with Crippen LogP contribution in [0.1, 0.15) is 29.0 Å². The summed E-state index contributed by atoms with van der Waals surface area (Å²) in [4.78, 5) is 5.32. The van der Waals surface area contributed by atoms with Crippen LogP contribution in [0.15, 0.2) is 223 Å². The van der Waals surface area contributed by atoms with Gasteiger partial charge in [0, 0.05) is 33.2 Å². The molecule has 0 saturated carbocycles. The zero-order valence-corrected chi connectivity index (χ0v) is 31.9. The Balaban J connectivity index is 1.15. The van der Waals surface area contributed by atoms with E-state index >= 15 is 0 Å². The van der Waals surface area contributed by atoms with Gasteiger partial charge in [-0.15, -0.1) is 0 Å². The van der Waals surface area contributed by atoms with E-state index in [0.29, 0.717) is 0 Å². The number of hydrogen-bond donors (Lipinski definition) is 2. The van der Waals surface area contributed by atoms with Crippen LogP contribution in [-0.2, 0) is 0 Å². The summed E-state index contributed by atoms with van der Waals surface area (Å²) in [5.41, 5.74) is 6.92. The van der Waals surface area contributed by atoms with Crippen molar-refractivity contribution in [2.45, 2.75) is 12.3 Å². The summed E-state index contributed by atoms with van der Waals surface area (Å²) in [5, 5.41) is 14.1. The van der Waals surface area contributed by atoms with Gasteiger partial charge in [0.05, 0.1) is 11.0 Å². The van der Waals surface area contributed by atoms with Gasteiger partial charge in [-0.05, 0) is 45.0 Å². The van der Waals surface area contributed by atoms with Crippen LogP contribution in [0.3, 0.4) is 0 Å². The second-order valence-corrected chi connectivity index (χ2v) is 18.4. The van der Waals surface area contributed by atoms with Crippen molar-refractivity contribution in [2.24, 2.45) is 4.99 Å². The van der Waals surface area contributed by atoms with Gasteiger partial charge < -0.3 is 9.88 Å². The largest absolute Gasteiger partial charge is 0.317 e. The van der Waals surface area contributed by atoms with Crippen LogP contribution in [0.25, 0.3) is 27.5 Å². The lowest BCUT2D eigenvalue weighted by Gasteiger charge is -2.34. The van der Waals surface area contributed by atoms with Crippen molar-refractivity contribution >= 4 is 56.5 Å². The number of benzene rings is 8. The molecule has 268 valence electrons. The molecular formula is C51H41N4Si+. The maximum Gasteiger partial charge on any atom is 0.209 e. The number of fused-ring (bicyclic) bond motifs is 3. The summed E-state index contributed by atoms with van der Waals surface area (Å²) in [6, 6.07) is 79.7. The minimum absolute atomic E-state index is 0.0208. The molecular weight excluding hydrogens is 697 g/mol. The Hall–Kier alpha value is -6.79. The van der Waals surface area contributed by atoms with E-state index in [9.17, 15) is 0 Å². The maximum atomic E-state index is 5.32. The molecule has 1 aliphatic rings. The number of amidine groups is 1. The third-order valence-corrected chi connectivity index (χ3v) is 16.1. The third kappa shape index (κ3) is 5.85. The fourth-order valence-electron chi connectivity index (χ4n) is 8.79. The highest BCUT2D eigenvalue weighted by atomic mass is 28.3. The Morgan fingerprint density at radius 2 is 0.982 bits per heavy atom. The number of quaternary nitrogens is 1. The molecule has 9 aromatic rings. The molecule has 0 fully saturated rings. The number of rotatable bonds is 8. The molecule has 10 rings (SSSR count). The van der Waals surface area contributed by atoms with Crippen molar-refractivity contribution in [1.82, 2.24) is 9.88 Å². The Morgan fingerprint density at radius 3 is 1.61 bits per heavy atom. The molecule has 56 heavy (non-hydrogen) atoms. The maximum absolute atomic E-state index is 5.32. The summed E-state index contributed by atoms with van der Waals surface area (Å²) in [7, 11) is -2.71. The van der Waals surface area contributed by atoms with E-state index in [-0.39, 0.29) is 12.3 Å². The van der Waals surface area contributed by atoms with Crippen molar-refractivity contribution in [1.29, 1.82) is 0 Å².